The van der Waals surface area contributed by atoms with E-state index >= 15 is 0 Å². The second kappa shape index (κ2) is 5.63. The van der Waals surface area contributed by atoms with E-state index in [0.717, 1.165) is 18.5 Å². The van der Waals surface area contributed by atoms with Crippen molar-refractivity contribution in [2.75, 3.05) is 5.32 Å². The Morgan fingerprint density at radius 2 is 2.00 bits per heavy atom. The summed E-state index contributed by atoms with van der Waals surface area (Å²) < 4.78 is 0. The number of benzene rings is 1. The van der Waals surface area contributed by atoms with Gasteiger partial charge < -0.3 is 5.32 Å². The smallest absolute Gasteiger partial charge is 0.258 e. The molecule has 1 N–H and O–H groups in total. The van der Waals surface area contributed by atoms with E-state index < -0.39 is 0 Å². The molecule has 0 saturated heterocycles. The van der Waals surface area contributed by atoms with Crippen LogP contribution in [-0.4, -0.2) is 10.9 Å². The first-order valence-corrected chi connectivity index (χ1v) is 7.16. The number of hydrogen-bond donors (Lipinski definition) is 1. The van der Waals surface area contributed by atoms with Gasteiger partial charge in [0, 0.05) is 11.9 Å². The lowest BCUT2D eigenvalue weighted by Gasteiger charge is -2.19. The van der Waals surface area contributed by atoms with Crippen molar-refractivity contribution in [2.24, 2.45) is 0 Å². The maximum atomic E-state index is 12.3. The summed E-state index contributed by atoms with van der Waals surface area (Å²) >= 11 is 5.96. The number of amides is 1. The van der Waals surface area contributed by atoms with E-state index in [2.05, 4.69) is 16.4 Å². The Morgan fingerprint density at radius 3 is 2.85 bits per heavy atom. The zero-order chi connectivity index (χ0) is 13.9. The number of rotatable bonds is 2. The SMILES string of the molecule is O=C(Nc1cccc2c1CCCC2)c1cccnc1Cl. The summed E-state index contributed by atoms with van der Waals surface area (Å²) in [7, 11) is 0. The molecule has 0 unspecified atom stereocenters. The van der Waals surface area contributed by atoms with Crippen LogP contribution < -0.4 is 5.32 Å². The van der Waals surface area contributed by atoms with Gasteiger partial charge in [-0.05, 0) is 55.0 Å². The van der Waals surface area contributed by atoms with Crippen molar-refractivity contribution in [3.63, 3.8) is 0 Å². The number of hydrogen-bond acceptors (Lipinski definition) is 2. The number of halogens is 1. The van der Waals surface area contributed by atoms with Gasteiger partial charge in [0.2, 0.25) is 0 Å². The first-order valence-electron chi connectivity index (χ1n) is 6.78. The third kappa shape index (κ3) is 2.54. The molecule has 1 heterocycles. The Morgan fingerprint density at radius 1 is 1.15 bits per heavy atom. The van der Waals surface area contributed by atoms with Crippen LogP contribution >= 0.6 is 11.6 Å². The molecule has 1 aliphatic carbocycles. The molecule has 1 aliphatic rings. The van der Waals surface area contributed by atoms with E-state index in [-0.39, 0.29) is 11.1 Å². The average Bonchev–Trinajstić information content (AvgIpc) is 2.48. The summed E-state index contributed by atoms with van der Waals surface area (Å²) in [5.74, 6) is -0.206. The molecule has 102 valence electrons. The zero-order valence-electron chi connectivity index (χ0n) is 11.0. The first kappa shape index (κ1) is 13.1. The van der Waals surface area contributed by atoms with E-state index in [0.29, 0.717) is 5.56 Å². The van der Waals surface area contributed by atoms with Crippen molar-refractivity contribution < 1.29 is 4.79 Å². The van der Waals surface area contributed by atoms with Crippen molar-refractivity contribution in [3.8, 4) is 0 Å². The monoisotopic (exact) mass is 286 g/mol. The predicted molar refractivity (Wildman–Crippen MR) is 80.3 cm³/mol. The molecule has 2 aromatic rings. The van der Waals surface area contributed by atoms with Crippen molar-refractivity contribution >= 4 is 23.2 Å². The van der Waals surface area contributed by atoms with Crippen LogP contribution in [0.5, 0.6) is 0 Å². The highest BCUT2D eigenvalue weighted by Gasteiger charge is 2.16. The number of carbonyl (C=O) groups is 1. The van der Waals surface area contributed by atoms with E-state index in [9.17, 15) is 4.79 Å². The summed E-state index contributed by atoms with van der Waals surface area (Å²) in [5.41, 5.74) is 3.90. The lowest BCUT2D eigenvalue weighted by Crippen LogP contribution is -2.16. The van der Waals surface area contributed by atoms with Gasteiger partial charge in [0.25, 0.3) is 5.91 Å². The maximum absolute atomic E-state index is 12.3. The van der Waals surface area contributed by atoms with Gasteiger partial charge in [-0.15, -0.1) is 0 Å². The van der Waals surface area contributed by atoms with Crippen molar-refractivity contribution in [2.45, 2.75) is 25.7 Å². The number of pyridine rings is 1. The number of carbonyl (C=O) groups excluding carboxylic acids is 1. The van der Waals surface area contributed by atoms with E-state index in [1.54, 1.807) is 18.3 Å². The normalized spacial score (nSPS) is 13.7. The Bertz CT molecular complexity index is 655. The number of aromatic nitrogens is 1. The summed E-state index contributed by atoms with van der Waals surface area (Å²) in [6, 6.07) is 9.47. The lowest BCUT2D eigenvalue weighted by molar-refractivity contribution is 0.102. The fraction of sp³-hybridized carbons (Fsp3) is 0.250. The van der Waals surface area contributed by atoms with Gasteiger partial charge >= 0.3 is 0 Å². The van der Waals surface area contributed by atoms with Crippen LogP contribution in [0.15, 0.2) is 36.5 Å². The molecule has 0 aliphatic heterocycles. The van der Waals surface area contributed by atoms with Gasteiger partial charge in [-0.2, -0.15) is 0 Å². The second-order valence-electron chi connectivity index (χ2n) is 4.95. The predicted octanol–water partition coefficient (Wildman–Crippen LogP) is 3.87. The third-order valence-electron chi connectivity index (χ3n) is 3.65. The molecule has 3 rings (SSSR count). The third-order valence-corrected chi connectivity index (χ3v) is 3.95. The Balaban J connectivity index is 1.89. The van der Waals surface area contributed by atoms with E-state index in [1.165, 1.54) is 24.0 Å². The molecule has 4 heteroatoms. The van der Waals surface area contributed by atoms with E-state index in [4.69, 9.17) is 11.6 Å². The van der Waals surface area contributed by atoms with Gasteiger partial charge in [-0.1, -0.05) is 23.7 Å². The minimum atomic E-state index is -0.206. The topological polar surface area (TPSA) is 42.0 Å². The molecular weight excluding hydrogens is 272 g/mol. The molecule has 20 heavy (non-hydrogen) atoms. The summed E-state index contributed by atoms with van der Waals surface area (Å²) in [4.78, 5) is 16.2. The van der Waals surface area contributed by atoms with Gasteiger partial charge in [0.05, 0.1) is 5.56 Å². The fourth-order valence-electron chi connectivity index (χ4n) is 2.64. The molecule has 0 saturated carbocycles. The molecule has 1 aromatic heterocycles. The summed E-state index contributed by atoms with van der Waals surface area (Å²) in [5, 5.41) is 3.20. The fourth-order valence-corrected chi connectivity index (χ4v) is 2.85. The highest BCUT2D eigenvalue weighted by atomic mass is 35.5. The highest BCUT2D eigenvalue weighted by molar-refractivity contribution is 6.33. The number of aryl methyl sites for hydroxylation is 1. The molecule has 1 amide bonds. The van der Waals surface area contributed by atoms with Gasteiger partial charge in [0.1, 0.15) is 5.15 Å². The number of nitrogens with one attached hydrogen (secondary N) is 1. The quantitative estimate of drug-likeness (QED) is 0.852. The average molecular weight is 287 g/mol. The van der Waals surface area contributed by atoms with Gasteiger partial charge in [0.15, 0.2) is 0 Å². The molecule has 0 fully saturated rings. The number of anilines is 1. The van der Waals surface area contributed by atoms with Gasteiger partial charge in [-0.3, -0.25) is 4.79 Å². The van der Waals surface area contributed by atoms with Crippen LogP contribution in [-0.2, 0) is 12.8 Å². The number of nitrogens with zero attached hydrogens (tertiary/aromatic N) is 1. The van der Waals surface area contributed by atoms with Crippen molar-refractivity contribution in [3.05, 3.63) is 58.4 Å². The van der Waals surface area contributed by atoms with Crippen LogP contribution in [0.3, 0.4) is 0 Å². The standard InChI is InChI=1S/C16H15ClN2O/c17-15-13(8-4-10-18-15)16(20)19-14-9-3-6-11-5-1-2-7-12(11)14/h3-4,6,8-10H,1-2,5,7H2,(H,19,20). The molecular formula is C16H15ClN2O. The van der Waals surface area contributed by atoms with Crippen LogP contribution in [0.1, 0.15) is 34.3 Å². The Labute approximate surface area is 123 Å². The maximum Gasteiger partial charge on any atom is 0.258 e. The van der Waals surface area contributed by atoms with Crippen molar-refractivity contribution in [1.82, 2.24) is 4.98 Å². The Hall–Kier alpha value is -1.87. The van der Waals surface area contributed by atoms with Crippen LogP contribution in [0.25, 0.3) is 0 Å². The van der Waals surface area contributed by atoms with Crippen LogP contribution in [0, 0.1) is 0 Å². The van der Waals surface area contributed by atoms with Gasteiger partial charge in [-0.25, -0.2) is 4.98 Å². The summed E-state index contributed by atoms with van der Waals surface area (Å²) in [6.07, 6.45) is 6.08. The number of fused-ring (bicyclic) bond motifs is 1. The molecule has 0 spiro atoms. The minimum Gasteiger partial charge on any atom is -0.322 e. The van der Waals surface area contributed by atoms with Crippen molar-refractivity contribution in [1.29, 1.82) is 0 Å². The lowest BCUT2D eigenvalue weighted by atomic mass is 9.90. The highest BCUT2D eigenvalue weighted by Crippen LogP contribution is 2.28. The Kier molecular flexibility index (Phi) is 3.70. The molecule has 0 radical (unpaired) electrons. The largest absolute Gasteiger partial charge is 0.322 e. The van der Waals surface area contributed by atoms with E-state index in [1.807, 2.05) is 12.1 Å². The molecule has 3 nitrogen and oxygen atoms in total. The minimum absolute atomic E-state index is 0.206. The van der Waals surface area contributed by atoms with Crippen LogP contribution in [0.4, 0.5) is 5.69 Å². The molecule has 0 atom stereocenters. The first-order chi connectivity index (χ1) is 9.75. The molecule has 0 bridgehead atoms. The summed E-state index contributed by atoms with van der Waals surface area (Å²) in [6.45, 7) is 0. The zero-order valence-corrected chi connectivity index (χ0v) is 11.8. The second-order valence-corrected chi connectivity index (χ2v) is 5.30. The molecule has 1 aromatic carbocycles. The van der Waals surface area contributed by atoms with Crippen LogP contribution in [0.2, 0.25) is 5.15 Å².